The van der Waals surface area contributed by atoms with Crippen molar-refractivity contribution in [2.24, 2.45) is 0 Å². The van der Waals surface area contributed by atoms with Gasteiger partial charge in [-0.2, -0.15) is 0 Å². The number of carbonyl (C=O) groups is 2. The van der Waals surface area contributed by atoms with Gasteiger partial charge < -0.3 is 14.8 Å². The highest BCUT2D eigenvalue weighted by Crippen LogP contribution is 2.20. The number of benzene rings is 1. The second kappa shape index (κ2) is 8.04. The molecule has 28 heavy (non-hydrogen) atoms. The molecule has 0 saturated carbocycles. The summed E-state index contributed by atoms with van der Waals surface area (Å²) in [5, 5.41) is 3.65. The van der Waals surface area contributed by atoms with E-state index in [9.17, 15) is 9.59 Å². The number of hydrogen-bond donors (Lipinski definition) is 1. The third-order valence-corrected chi connectivity index (χ3v) is 3.72. The maximum absolute atomic E-state index is 12.5. The second-order valence-electron chi connectivity index (χ2n) is 7.12. The Balaban J connectivity index is 1.68. The average molecular weight is 379 g/mol. The second-order valence-corrected chi connectivity index (χ2v) is 7.12. The number of ether oxygens (including phenoxy) is 2. The first-order valence-electron chi connectivity index (χ1n) is 8.79. The molecule has 0 aliphatic rings. The third kappa shape index (κ3) is 5.03. The maximum Gasteiger partial charge on any atom is 0.514 e. The van der Waals surface area contributed by atoms with Gasteiger partial charge in [0.25, 0.3) is 5.91 Å². The van der Waals surface area contributed by atoms with Gasteiger partial charge in [0, 0.05) is 29.9 Å². The minimum absolute atomic E-state index is 0.174. The molecule has 0 aliphatic heterocycles. The number of aromatic nitrogens is 2. The predicted molar refractivity (Wildman–Crippen MR) is 104 cm³/mol. The van der Waals surface area contributed by atoms with Crippen LogP contribution in [-0.2, 0) is 11.3 Å². The van der Waals surface area contributed by atoms with Crippen LogP contribution in [0.5, 0.6) is 5.75 Å². The fourth-order valence-electron chi connectivity index (χ4n) is 2.47. The number of amides is 1. The van der Waals surface area contributed by atoms with Crippen LogP contribution in [-0.4, -0.2) is 27.6 Å². The minimum atomic E-state index is -0.795. The SMILES string of the molecule is CC(C)(C)OC(=O)Oc1ccccc1CNC(=O)c1ccc2cnccc2n1. The van der Waals surface area contributed by atoms with Crippen molar-refractivity contribution in [3.8, 4) is 5.75 Å². The van der Waals surface area contributed by atoms with Gasteiger partial charge in [-0.3, -0.25) is 9.78 Å². The van der Waals surface area contributed by atoms with E-state index in [1.165, 1.54) is 0 Å². The number of nitrogens with zero attached hydrogens (tertiary/aromatic N) is 2. The summed E-state index contributed by atoms with van der Waals surface area (Å²) in [4.78, 5) is 32.7. The molecule has 0 aliphatic carbocycles. The number of rotatable bonds is 4. The summed E-state index contributed by atoms with van der Waals surface area (Å²) in [7, 11) is 0. The van der Waals surface area contributed by atoms with Gasteiger partial charge in [0.05, 0.1) is 5.52 Å². The average Bonchev–Trinajstić information content (AvgIpc) is 2.65. The molecule has 1 aromatic carbocycles. The maximum atomic E-state index is 12.5. The van der Waals surface area contributed by atoms with E-state index in [-0.39, 0.29) is 12.5 Å². The smallest absolute Gasteiger partial charge is 0.428 e. The lowest BCUT2D eigenvalue weighted by Gasteiger charge is -2.19. The van der Waals surface area contributed by atoms with E-state index in [1.807, 2.05) is 0 Å². The van der Waals surface area contributed by atoms with Crippen molar-refractivity contribution in [2.45, 2.75) is 32.9 Å². The summed E-state index contributed by atoms with van der Waals surface area (Å²) >= 11 is 0. The van der Waals surface area contributed by atoms with Crippen molar-refractivity contribution in [1.82, 2.24) is 15.3 Å². The van der Waals surface area contributed by atoms with Crippen LogP contribution in [0.1, 0.15) is 36.8 Å². The van der Waals surface area contributed by atoms with Gasteiger partial charge in [0.1, 0.15) is 17.0 Å². The lowest BCUT2D eigenvalue weighted by Crippen LogP contribution is -2.27. The zero-order valence-corrected chi connectivity index (χ0v) is 15.9. The van der Waals surface area contributed by atoms with Crippen LogP contribution in [0.3, 0.4) is 0 Å². The van der Waals surface area contributed by atoms with Crippen LogP contribution in [0.4, 0.5) is 4.79 Å². The van der Waals surface area contributed by atoms with Crippen molar-refractivity contribution in [3.05, 3.63) is 66.1 Å². The summed E-state index contributed by atoms with van der Waals surface area (Å²) in [6.45, 7) is 5.45. The van der Waals surface area contributed by atoms with Gasteiger partial charge in [-0.25, -0.2) is 9.78 Å². The van der Waals surface area contributed by atoms with Crippen LogP contribution < -0.4 is 10.1 Å². The Morgan fingerprint density at radius 1 is 1.07 bits per heavy atom. The summed E-state index contributed by atoms with van der Waals surface area (Å²) in [5.74, 6) is 0.000350. The Morgan fingerprint density at radius 3 is 2.64 bits per heavy atom. The summed E-state index contributed by atoms with van der Waals surface area (Å²) in [5.41, 5.74) is 0.976. The molecule has 1 amide bonds. The molecular formula is C21H21N3O4. The molecule has 144 valence electrons. The molecule has 0 spiro atoms. The quantitative estimate of drug-likeness (QED) is 0.547. The normalized spacial score (nSPS) is 11.1. The van der Waals surface area contributed by atoms with Crippen molar-refractivity contribution in [2.75, 3.05) is 0 Å². The predicted octanol–water partition coefficient (Wildman–Crippen LogP) is 3.87. The molecular weight excluding hydrogens is 358 g/mol. The molecule has 7 nitrogen and oxygen atoms in total. The lowest BCUT2D eigenvalue weighted by atomic mass is 10.2. The third-order valence-electron chi connectivity index (χ3n) is 3.72. The molecule has 0 atom stereocenters. The summed E-state index contributed by atoms with van der Waals surface area (Å²) in [6, 6.07) is 12.1. The first kappa shape index (κ1) is 19.3. The molecule has 0 bridgehead atoms. The van der Waals surface area contributed by atoms with Crippen molar-refractivity contribution >= 4 is 23.0 Å². The van der Waals surface area contributed by atoms with Gasteiger partial charge in [-0.1, -0.05) is 18.2 Å². The number of pyridine rings is 2. The highest BCUT2D eigenvalue weighted by Gasteiger charge is 2.19. The number of nitrogens with one attached hydrogen (secondary N) is 1. The zero-order valence-electron chi connectivity index (χ0n) is 15.9. The Kier molecular flexibility index (Phi) is 5.54. The molecule has 0 fully saturated rings. The van der Waals surface area contributed by atoms with Crippen molar-refractivity contribution in [1.29, 1.82) is 0 Å². The molecule has 2 aromatic heterocycles. The van der Waals surface area contributed by atoms with Crippen LogP contribution in [0, 0.1) is 0 Å². The monoisotopic (exact) mass is 379 g/mol. The number of fused-ring (bicyclic) bond motifs is 1. The van der Waals surface area contributed by atoms with E-state index in [4.69, 9.17) is 9.47 Å². The standard InChI is InChI=1S/C21H21N3O4/c1-21(2,3)28-20(26)27-18-7-5-4-6-15(18)13-23-19(25)17-9-8-14-12-22-11-10-16(14)24-17/h4-12H,13H2,1-3H3,(H,23,25). The van der Waals surface area contributed by atoms with Gasteiger partial charge in [-0.05, 0) is 45.0 Å². The number of hydrogen-bond acceptors (Lipinski definition) is 6. The lowest BCUT2D eigenvalue weighted by molar-refractivity contribution is 0.0204. The van der Waals surface area contributed by atoms with E-state index in [0.29, 0.717) is 22.5 Å². The molecule has 3 aromatic rings. The van der Waals surface area contributed by atoms with Gasteiger partial charge in [-0.15, -0.1) is 0 Å². The van der Waals surface area contributed by atoms with Crippen LogP contribution >= 0.6 is 0 Å². The Bertz CT molecular complexity index is 1010. The van der Waals surface area contributed by atoms with Crippen LogP contribution in [0.2, 0.25) is 0 Å². The molecule has 0 saturated heterocycles. The highest BCUT2D eigenvalue weighted by molar-refractivity contribution is 5.94. The molecule has 1 N–H and O–H groups in total. The zero-order chi connectivity index (χ0) is 20.1. The Morgan fingerprint density at radius 2 is 1.86 bits per heavy atom. The summed E-state index contributed by atoms with van der Waals surface area (Å²) in [6.07, 6.45) is 2.52. The molecule has 2 heterocycles. The number of para-hydroxylation sites is 1. The van der Waals surface area contributed by atoms with E-state index in [1.54, 1.807) is 75.6 Å². The minimum Gasteiger partial charge on any atom is -0.428 e. The van der Waals surface area contributed by atoms with Gasteiger partial charge in [0.2, 0.25) is 0 Å². The van der Waals surface area contributed by atoms with E-state index >= 15 is 0 Å². The summed E-state index contributed by atoms with van der Waals surface area (Å²) < 4.78 is 10.5. The largest absolute Gasteiger partial charge is 0.514 e. The van der Waals surface area contributed by atoms with Crippen LogP contribution in [0.15, 0.2) is 54.9 Å². The fraction of sp³-hybridized carbons (Fsp3) is 0.238. The first-order chi connectivity index (χ1) is 13.3. The number of carbonyl (C=O) groups excluding carboxylic acids is 2. The van der Waals surface area contributed by atoms with E-state index in [0.717, 1.165) is 5.39 Å². The first-order valence-corrected chi connectivity index (χ1v) is 8.79. The molecule has 3 rings (SSSR count). The van der Waals surface area contributed by atoms with Gasteiger partial charge >= 0.3 is 6.16 Å². The Labute approximate surface area is 162 Å². The fourth-order valence-corrected chi connectivity index (χ4v) is 2.47. The van der Waals surface area contributed by atoms with Gasteiger partial charge in [0.15, 0.2) is 0 Å². The molecule has 0 unspecified atom stereocenters. The highest BCUT2D eigenvalue weighted by atomic mass is 16.7. The Hall–Kier alpha value is -3.48. The van der Waals surface area contributed by atoms with Crippen LogP contribution in [0.25, 0.3) is 10.9 Å². The van der Waals surface area contributed by atoms with E-state index < -0.39 is 11.8 Å². The van der Waals surface area contributed by atoms with Crippen molar-refractivity contribution in [3.63, 3.8) is 0 Å². The molecule has 0 radical (unpaired) electrons. The topological polar surface area (TPSA) is 90.4 Å². The van der Waals surface area contributed by atoms with Crippen molar-refractivity contribution < 1.29 is 19.1 Å². The molecule has 7 heteroatoms. The van der Waals surface area contributed by atoms with E-state index in [2.05, 4.69) is 15.3 Å².